The Bertz CT molecular complexity index is 1100. The third-order valence-electron chi connectivity index (χ3n) is 5.19. The lowest BCUT2D eigenvalue weighted by atomic mass is 9.98. The van der Waals surface area contributed by atoms with Crippen LogP contribution in [0.25, 0.3) is 5.57 Å². The molecule has 0 fully saturated rings. The van der Waals surface area contributed by atoms with Crippen molar-refractivity contribution in [3.63, 3.8) is 0 Å². The van der Waals surface area contributed by atoms with E-state index in [0.717, 1.165) is 23.3 Å². The first-order valence-electron chi connectivity index (χ1n) is 11.4. The molecule has 188 valence electrons. The lowest BCUT2D eigenvalue weighted by Gasteiger charge is -2.26. The maximum atomic E-state index is 14.9. The van der Waals surface area contributed by atoms with Gasteiger partial charge in [0.1, 0.15) is 23.1 Å². The largest absolute Gasteiger partial charge is 0.353 e. The summed E-state index contributed by atoms with van der Waals surface area (Å²) in [6.45, 7) is 15.4. The van der Waals surface area contributed by atoms with Crippen LogP contribution in [-0.2, 0) is 6.54 Å². The van der Waals surface area contributed by atoms with Crippen LogP contribution in [0.4, 0.5) is 26.2 Å². The van der Waals surface area contributed by atoms with E-state index in [1.54, 1.807) is 13.1 Å². The lowest BCUT2D eigenvalue weighted by molar-refractivity contribution is 0.425. The molecule has 2 aromatic rings. The zero-order valence-corrected chi connectivity index (χ0v) is 21.5. The summed E-state index contributed by atoms with van der Waals surface area (Å²) < 4.78 is 29.7. The number of anilines is 3. The van der Waals surface area contributed by atoms with Crippen molar-refractivity contribution in [3.05, 3.63) is 83.7 Å². The summed E-state index contributed by atoms with van der Waals surface area (Å²) >= 11 is 0. The molecule has 0 atom stereocenters. The van der Waals surface area contributed by atoms with Gasteiger partial charge in [0.2, 0.25) is 5.95 Å². The van der Waals surface area contributed by atoms with Gasteiger partial charge in [-0.15, -0.1) is 0 Å². The third kappa shape index (κ3) is 7.07. The lowest BCUT2D eigenvalue weighted by Crippen LogP contribution is -2.24. The molecule has 1 aromatic carbocycles. The molecule has 0 spiro atoms. The van der Waals surface area contributed by atoms with Crippen molar-refractivity contribution in [3.8, 4) is 0 Å². The minimum atomic E-state index is -0.718. The fraction of sp³-hybridized carbons (Fsp3) is 0.333. The Morgan fingerprint density at radius 2 is 1.74 bits per heavy atom. The van der Waals surface area contributed by atoms with Gasteiger partial charge in [0.15, 0.2) is 0 Å². The first-order valence-corrected chi connectivity index (χ1v) is 11.4. The van der Waals surface area contributed by atoms with Crippen molar-refractivity contribution in [1.29, 1.82) is 0 Å². The summed E-state index contributed by atoms with van der Waals surface area (Å²) in [7, 11) is 5.74. The molecule has 2 N–H and O–H groups in total. The molecule has 0 aliphatic carbocycles. The van der Waals surface area contributed by atoms with Crippen LogP contribution in [0, 0.1) is 11.6 Å². The van der Waals surface area contributed by atoms with Crippen LogP contribution in [0.15, 0.2) is 60.9 Å². The second kappa shape index (κ2) is 12.9. The fourth-order valence-corrected chi connectivity index (χ4v) is 3.47. The van der Waals surface area contributed by atoms with E-state index in [1.807, 2.05) is 45.8 Å². The molecule has 0 saturated carbocycles. The van der Waals surface area contributed by atoms with Crippen molar-refractivity contribution in [2.75, 3.05) is 44.4 Å². The third-order valence-corrected chi connectivity index (χ3v) is 5.19. The minimum absolute atomic E-state index is 0.253. The van der Waals surface area contributed by atoms with Gasteiger partial charge in [-0.2, -0.15) is 4.98 Å². The highest BCUT2D eigenvalue weighted by atomic mass is 19.1. The quantitative estimate of drug-likeness (QED) is 0.381. The number of aromatic nitrogens is 2. The van der Waals surface area contributed by atoms with E-state index < -0.39 is 11.6 Å². The number of hydrogen-bond acceptors (Lipinski definition) is 6. The van der Waals surface area contributed by atoms with Gasteiger partial charge in [0.25, 0.3) is 0 Å². The van der Waals surface area contributed by atoms with E-state index in [1.165, 1.54) is 29.3 Å². The zero-order valence-electron chi connectivity index (χ0n) is 21.5. The number of allylic oxidation sites excluding steroid dienone is 5. The number of benzene rings is 1. The fourth-order valence-electron chi connectivity index (χ4n) is 3.47. The molecule has 0 amide bonds. The van der Waals surface area contributed by atoms with Crippen molar-refractivity contribution in [2.45, 2.75) is 27.3 Å². The molecule has 0 unspecified atom stereocenters. The van der Waals surface area contributed by atoms with E-state index in [0.29, 0.717) is 36.1 Å². The average Bonchev–Trinajstić information content (AvgIpc) is 2.80. The summed E-state index contributed by atoms with van der Waals surface area (Å²) in [5, 5.41) is 6.39. The molecular weight excluding hydrogens is 446 g/mol. The van der Waals surface area contributed by atoms with Gasteiger partial charge in [-0.1, -0.05) is 36.9 Å². The predicted octanol–water partition coefficient (Wildman–Crippen LogP) is 5.66. The number of halogens is 2. The van der Waals surface area contributed by atoms with Crippen LogP contribution in [-0.4, -0.2) is 49.1 Å². The summed E-state index contributed by atoms with van der Waals surface area (Å²) in [5.41, 5.74) is 3.88. The molecular formula is C27H36F2N6. The highest BCUT2D eigenvalue weighted by Crippen LogP contribution is 2.36. The van der Waals surface area contributed by atoms with Crippen LogP contribution in [0.2, 0.25) is 0 Å². The number of nitrogens with one attached hydrogen (secondary N) is 2. The molecule has 35 heavy (non-hydrogen) atoms. The Morgan fingerprint density at radius 3 is 2.26 bits per heavy atom. The Balaban J connectivity index is 2.92. The van der Waals surface area contributed by atoms with E-state index in [4.69, 9.17) is 9.97 Å². The number of nitrogens with zero attached hydrogens (tertiary/aromatic N) is 4. The maximum absolute atomic E-state index is 14.9. The van der Waals surface area contributed by atoms with E-state index in [-0.39, 0.29) is 5.69 Å². The van der Waals surface area contributed by atoms with Gasteiger partial charge in [-0.25, -0.2) is 13.8 Å². The second-order valence-electron chi connectivity index (χ2n) is 8.60. The van der Waals surface area contributed by atoms with E-state index >= 15 is 0 Å². The zero-order chi connectivity index (χ0) is 26.1. The Kier molecular flexibility index (Phi) is 10.3. The molecule has 0 saturated heterocycles. The van der Waals surface area contributed by atoms with Gasteiger partial charge >= 0.3 is 0 Å². The molecule has 6 nitrogen and oxygen atoms in total. The summed E-state index contributed by atoms with van der Waals surface area (Å²) in [6, 6.07) is 3.75. The summed E-state index contributed by atoms with van der Waals surface area (Å²) in [5.74, 6) is -0.765. The second-order valence-corrected chi connectivity index (χ2v) is 8.60. The highest BCUT2D eigenvalue weighted by Gasteiger charge is 2.25. The highest BCUT2D eigenvalue weighted by molar-refractivity contribution is 5.82. The normalized spacial score (nSPS) is 11.7. The van der Waals surface area contributed by atoms with Gasteiger partial charge in [0.05, 0.1) is 5.69 Å². The number of hydrogen-bond donors (Lipinski definition) is 2. The molecule has 2 rings (SSSR count). The predicted molar refractivity (Wildman–Crippen MR) is 143 cm³/mol. The first kappa shape index (κ1) is 27.9. The van der Waals surface area contributed by atoms with E-state index in [9.17, 15) is 8.78 Å². The molecule has 1 aromatic heterocycles. The van der Waals surface area contributed by atoms with Gasteiger partial charge in [-0.3, -0.25) is 4.90 Å². The molecule has 0 aliphatic heterocycles. The maximum Gasteiger partial charge on any atom is 0.225 e. The van der Waals surface area contributed by atoms with Gasteiger partial charge in [0, 0.05) is 37.0 Å². The van der Waals surface area contributed by atoms with Gasteiger partial charge in [-0.05, 0) is 59.6 Å². The van der Waals surface area contributed by atoms with Crippen LogP contribution in [0.1, 0.15) is 32.0 Å². The van der Waals surface area contributed by atoms with E-state index in [2.05, 4.69) is 23.8 Å². The van der Waals surface area contributed by atoms with Gasteiger partial charge < -0.3 is 15.5 Å². The van der Waals surface area contributed by atoms with Crippen LogP contribution in [0.3, 0.4) is 0 Å². The number of rotatable bonds is 12. The van der Waals surface area contributed by atoms with Crippen LogP contribution in [0.5, 0.6) is 0 Å². The minimum Gasteiger partial charge on any atom is -0.353 e. The molecule has 1 heterocycles. The molecule has 0 bridgehead atoms. The first-order chi connectivity index (χ1) is 16.6. The summed E-state index contributed by atoms with van der Waals surface area (Å²) in [4.78, 5) is 12.9. The van der Waals surface area contributed by atoms with Crippen molar-refractivity contribution >= 4 is 23.0 Å². The Morgan fingerprint density at radius 1 is 1.09 bits per heavy atom. The van der Waals surface area contributed by atoms with Crippen molar-refractivity contribution in [1.82, 2.24) is 20.2 Å². The smallest absolute Gasteiger partial charge is 0.225 e. The van der Waals surface area contributed by atoms with Crippen molar-refractivity contribution < 1.29 is 8.78 Å². The summed E-state index contributed by atoms with van der Waals surface area (Å²) in [6.07, 6.45) is 5.15. The average molecular weight is 483 g/mol. The Hall–Kier alpha value is -3.36. The molecule has 0 radical (unpaired) electrons. The molecule has 0 aliphatic rings. The Labute approximate surface area is 207 Å². The van der Waals surface area contributed by atoms with Crippen LogP contribution >= 0.6 is 0 Å². The number of likely N-dealkylation sites (N-methyl/N-ethyl adjacent to an activating group) is 1. The number of para-hydroxylation sites is 1. The topological polar surface area (TPSA) is 56.3 Å². The standard InChI is InChI=1S/C27H36F2N6/c1-9-19(5)20(16-18(3)4)24-21(17-30-6)26(33-27(32-24)31-14-15-34(7)8)35(10-2)25-22(28)12-11-13-23(25)29/h9-13,16,30H,1-2,14-15,17H2,3-8H3,(H,31,32,33)/b20-19+. The van der Waals surface area contributed by atoms with Crippen LogP contribution < -0.4 is 15.5 Å². The van der Waals surface area contributed by atoms with Crippen molar-refractivity contribution in [2.24, 2.45) is 0 Å². The SMILES string of the molecule is C=C/C(C)=C(\C=C(C)C)c1nc(NCCN(C)C)nc(N(C=C)c2c(F)cccc2F)c1CNC. The molecule has 8 heteroatoms. The monoisotopic (exact) mass is 482 g/mol.